The van der Waals surface area contributed by atoms with Gasteiger partial charge in [0, 0.05) is 24.7 Å². The topological polar surface area (TPSA) is 76.6 Å². The Morgan fingerprint density at radius 2 is 2.24 bits per heavy atom. The fraction of sp³-hybridized carbons (Fsp3) is 0.438. The molecule has 1 saturated heterocycles. The zero-order valence-electron chi connectivity index (χ0n) is 11.8. The third kappa shape index (κ3) is 2.94. The number of aliphatic hydroxyl groups excluding tert-OH is 2. The summed E-state index contributed by atoms with van der Waals surface area (Å²) in [4.78, 5) is 17.0. The van der Waals surface area contributed by atoms with Gasteiger partial charge in [0.2, 0.25) is 5.91 Å². The smallest absolute Gasteiger partial charge is 0.223 e. The van der Waals surface area contributed by atoms with E-state index in [0.29, 0.717) is 25.8 Å². The molecule has 2 heterocycles. The summed E-state index contributed by atoms with van der Waals surface area (Å²) in [6.45, 7) is 0.249. The van der Waals surface area contributed by atoms with Gasteiger partial charge in [-0.15, -0.1) is 0 Å². The Kier molecular flexibility index (Phi) is 3.94. The zero-order chi connectivity index (χ0) is 14.8. The predicted molar refractivity (Wildman–Crippen MR) is 79.8 cm³/mol. The summed E-state index contributed by atoms with van der Waals surface area (Å²) < 4.78 is 0. The third-order valence-electron chi connectivity index (χ3n) is 4.17. The highest BCUT2D eigenvalue weighted by atomic mass is 16.3. The number of aromatic nitrogens is 1. The van der Waals surface area contributed by atoms with Crippen molar-refractivity contribution in [2.45, 2.75) is 31.4 Å². The molecule has 3 N–H and O–H groups in total. The van der Waals surface area contributed by atoms with Crippen molar-refractivity contribution >= 4 is 16.8 Å². The molecule has 1 aliphatic rings. The Morgan fingerprint density at radius 1 is 1.38 bits per heavy atom. The summed E-state index contributed by atoms with van der Waals surface area (Å²) in [5.41, 5.74) is 2.21. The Balaban J connectivity index is 1.62. The zero-order valence-corrected chi connectivity index (χ0v) is 11.8. The number of H-pyrrole nitrogens is 1. The average molecular weight is 288 g/mol. The second kappa shape index (κ2) is 5.87. The van der Waals surface area contributed by atoms with Crippen LogP contribution in [0.2, 0.25) is 0 Å². The van der Waals surface area contributed by atoms with E-state index in [0.717, 1.165) is 16.5 Å². The van der Waals surface area contributed by atoms with Crippen LogP contribution in [-0.2, 0) is 11.2 Å². The molecule has 5 nitrogen and oxygen atoms in total. The molecule has 21 heavy (non-hydrogen) atoms. The van der Waals surface area contributed by atoms with Crippen molar-refractivity contribution in [2.75, 3.05) is 13.2 Å². The first-order valence-electron chi connectivity index (χ1n) is 7.32. The van der Waals surface area contributed by atoms with E-state index >= 15 is 0 Å². The Hall–Kier alpha value is -1.85. The Morgan fingerprint density at radius 3 is 3.05 bits per heavy atom. The van der Waals surface area contributed by atoms with E-state index in [1.807, 2.05) is 24.4 Å². The number of β-amino-alcohol motifs (C(OH)–C–C–N with tert-alkyl or cyclic N) is 1. The molecule has 0 aliphatic carbocycles. The van der Waals surface area contributed by atoms with Crippen LogP contribution < -0.4 is 0 Å². The van der Waals surface area contributed by atoms with Gasteiger partial charge in [-0.2, -0.15) is 0 Å². The van der Waals surface area contributed by atoms with Crippen molar-refractivity contribution < 1.29 is 15.0 Å². The summed E-state index contributed by atoms with van der Waals surface area (Å²) in [5, 5.41) is 20.0. The quantitative estimate of drug-likeness (QED) is 0.787. The maximum atomic E-state index is 12.2. The highest BCUT2D eigenvalue weighted by Crippen LogP contribution is 2.20. The molecule has 1 amide bonds. The number of aryl methyl sites for hydroxylation is 1. The summed E-state index contributed by atoms with van der Waals surface area (Å²) in [6.07, 6.45) is 2.93. The largest absolute Gasteiger partial charge is 0.394 e. The van der Waals surface area contributed by atoms with Crippen molar-refractivity contribution in [3.05, 3.63) is 36.0 Å². The van der Waals surface area contributed by atoms with Crippen molar-refractivity contribution in [2.24, 2.45) is 0 Å². The number of aromatic amines is 1. The molecule has 2 atom stereocenters. The fourth-order valence-electron chi connectivity index (χ4n) is 3.02. The molecular formula is C16H20N2O3. The first kappa shape index (κ1) is 14.1. The van der Waals surface area contributed by atoms with Gasteiger partial charge < -0.3 is 20.1 Å². The normalized spacial score (nSPS) is 22.1. The molecule has 0 radical (unpaired) electrons. The van der Waals surface area contributed by atoms with E-state index in [9.17, 15) is 15.0 Å². The number of hydrogen-bond donors (Lipinski definition) is 3. The average Bonchev–Trinajstić information content (AvgIpc) is 3.09. The van der Waals surface area contributed by atoms with Crippen molar-refractivity contribution in [1.82, 2.24) is 9.88 Å². The number of hydrogen-bond acceptors (Lipinski definition) is 3. The Bertz CT molecular complexity index is 637. The molecule has 1 aromatic heterocycles. The van der Waals surface area contributed by atoms with Crippen molar-refractivity contribution in [3.63, 3.8) is 0 Å². The second-order valence-electron chi connectivity index (χ2n) is 5.67. The van der Waals surface area contributed by atoms with Gasteiger partial charge in [0.05, 0.1) is 18.8 Å². The molecule has 5 heteroatoms. The molecule has 0 saturated carbocycles. The molecule has 1 fully saturated rings. The Labute approximate surface area is 123 Å². The molecule has 1 aromatic carbocycles. The van der Waals surface area contributed by atoms with Crippen molar-refractivity contribution in [1.29, 1.82) is 0 Å². The lowest BCUT2D eigenvalue weighted by Crippen LogP contribution is -2.38. The number of nitrogens with one attached hydrogen (secondary N) is 1. The monoisotopic (exact) mass is 288 g/mol. The number of amides is 1. The van der Waals surface area contributed by atoms with E-state index in [-0.39, 0.29) is 18.6 Å². The van der Waals surface area contributed by atoms with Gasteiger partial charge in [-0.05, 0) is 42.0 Å². The van der Waals surface area contributed by atoms with E-state index in [1.165, 1.54) is 0 Å². The third-order valence-corrected chi connectivity index (χ3v) is 4.17. The number of carbonyl (C=O) groups excluding carboxylic acids is 1. The summed E-state index contributed by atoms with van der Waals surface area (Å²) >= 11 is 0. The lowest BCUT2D eigenvalue weighted by Gasteiger charge is -2.22. The molecule has 0 unspecified atom stereocenters. The maximum Gasteiger partial charge on any atom is 0.223 e. The van der Waals surface area contributed by atoms with Crippen LogP contribution in [0.4, 0.5) is 0 Å². The molecule has 0 bridgehead atoms. The number of fused-ring (bicyclic) bond motifs is 1. The number of carbonyl (C=O) groups is 1. The first-order chi connectivity index (χ1) is 10.2. The number of nitrogens with zero attached hydrogens (tertiary/aromatic N) is 1. The predicted octanol–water partition coefficient (Wildman–Crippen LogP) is 1.05. The van der Waals surface area contributed by atoms with Crippen LogP contribution >= 0.6 is 0 Å². The first-order valence-corrected chi connectivity index (χ1v) is 7.32. The van der Waals surface area contributed by atoms with Crippen LogP contribution in [0.1, 0.15) is 18.4 Å². The molecular weight excluding hydrogens is 268 g/mol. The van der Waals surface area contributed by atoms with E-state index in [2.05, 4.69) is 11.1 Å². The summed E-state index contributed by atoms with van der Waals surface area (Å²) in [6, 6.07) is 7.90. The van der Waals surface area contributed by atoms with Gasteiger partial charge in [0.25, 0.3) is 0 Å². The van der Waals surface area contributed by atoms with E-state index in [1.54, 1.807) is 4.90 Å². The number of aliphatic hydroxyl groups is 2. The van der Waals surface area contributed by atoms with Gasteiger partial charge in [-0.3, -0.25) is 4.79 Å². The van der Waals surface area contributed by atoms with E-state index < -0.39 is 6.10 Å². The fourth-order valence-corrected chi connectivity index (χ4v) is 3.02. The maximum absolute atomic E-state index is 12.2. The second-order valence-corrected chi connectivity index (χ2v) is 5.67. The standard InChI is InChI=1S/C16H20N2O3/c19-10-13-8-14(20)9-18(13)16(21)4-2-11-1-3-15-12(7-11)5-6-17-15/h1,3,5-7,13-14,17,19-20H,2,4,8-10H2/t13-,14-/m0/s1. The minimum Gasteiger partial charge on any atom is -0.394 e. The highest BCUT2D eigenvalue weighted by Gasteiger charge is 2.33. The van der Waals surface area contributed by atoms with Crippen LogP contribution in [0.25, 0.3) is 10.9 Å². The lowest BCUT2D eigenvalue weighted by atomic mass is 10.1. The van der Waals surface area contributed by atoms with Gasteiger partial charge >= 0.3 is 0 Å². The highest BCUT2D eigenvalue weighted by molar-refractivity contribution is 5.80. The van der Waals surface area contributed by atoms with Crippen LogP contribution in [0, 0.1) is 0 Å². The van der Waals surface area contributed by atoms with Gasteiger partial charge in [-0.25, -0.2) is 0 Å². The summed E-state index contributed by atoms with van der Waals surface area (Å²) in [7, 11) is 0. The molecule has 1 aliphatic heterocycles. The number of likely N-dealkylation sites (tertiary alicyclic amines) is 1. The summed E-state index contributed by atoms with van der Waals surface area (Å²) in [5.74, 6) is -0.000217. The van der Waals surface area contributed by atoms with Crippen LogP contribution in [0.5, 0.6) is 0 Å². The van der Waals surface area contributed by atoms with Gasteiger partial charge in [0.15, 0.2) is 0 Å². The minimum atomic E-state index is -0.512. The number of rotatable bonds is 4. The molecule has 0 spiro atoms. The van der Waals surface area contributed by atoms with Crippen LogP contribution in [-0.4, -0.2) is 51.3 Å². The molecule has 3 rings (SSSR count). The minimum absolute atomic E-state index is 0.000217. The van der Waals surface area contributed by atoms with Crippen LogP contribution in [0.15, 0.2) is 30.5 Å². The van der Waals surface area contributed by atoms with Gasteiger partial charge in [0.1, 0.15) is 0 Å². The van der Waals surface area contributed by atoms with Crippen LogP contribution in [0.3, 0.4) is 0 Å². The molecule has 2 aromatic rings. The molecule has 112 valence electrons. The van der Waals surface area contributed by atoms with Gasteiger partial charge in [-0.1, -0.05) is 6.07 Å². The van der Waals surface area contributed by atoms with Crippen molar-refractivity contribution in [3.8, 4) is 0 Å². The SMILES string of the molecule is O=C(CCc1ccc2[nH]ccc2c1)N1C[C@@H](O)C[C@H]1CO. The number of benzene rings is 1. The van der Waals surface area contributed by atoms with E-state index in [4.69, 9.17) is 0 Å². The lowest BCUT2D eigenvalue weighted by molar-refractivity contribution is -0.132.